The van der Waals surface area contributed by atoms with Gasteiger partial charge >= 0.3 is 0 Å². The Kier molecular flexibility index (Phi) is 8.41. The standard InChI is InChI=1S/C29H44O3/c1-6-29(31,7-2)18-9-19-32-22(4)26-15-16-27-23(10-8-17-28(26,27)5)12-13-24-20-25(30)14-11-21(24)3/h9,12-13,15,18,22,25,27,30-31H,3,6-8,10-11,14,16-17,19-20H2,1-2,4-5H3/b18-9+,23-12?,24-13?/t22-,25+,27+,28-/m1/s1. The van der Waals surface area contributed by atoms with Crippen molar-refractivity contribution < 1.29 is 14.9 Å². The molecule has 3 heteroatoms. The molecule has 178 valence electrons. The van der Waals surface area contributed by atoms with Crippen LogP contribution in [0.2, 0.25) is 0 Å². The van der Waals surface area contributed by atoms with Crippen LogP contribution in [0.5, 0.6) is 0 Å². The number of fused-ring (bicyclic) bond motifs is 1. The molecule has 0 unspecified atom stereocenters. The van der Waals surface area contributed by atoms with E-state index < -0.39 is 5.60 Å². The van der Waals surface area contributed by atoms with E-state index in [1.807, 2.05) is 26.0 Å². The van der Waals surface area contributed by atoms with Gasteiger partial charge in [0.05, 0.1) is 24.4 Å². The van der Waals surface area contributed by atoms with Crippen LogP contribution in [-0.2, 0) is 4.74 Å². The second kappa shape index (κ2) is 10.7. The van der Waals surface area contributed by atoms with Gasteiger partial charge in [0.15, 0.2) is 0 Å². The zero-order valence-corrected chi connectivity index (χ0v) is 20.7. The Bertz CT molecular complexity index is 795. The summed E-state index contributed by atoms with van der Waals surface area (Å²) in [7, 11) is 0. The highest BCUT2D eigenvalue weighted by atomic mass is 16.5. The normalized spacial score (nSPS) is 32.6. The van der Waals surface area contributed by atoms with Crippen LogP contribution in [-0.4, -0.2) is 34.6 Å². The molecule has 0 aromatic rings. The largest absolute Gasteiger partial charge is 0.393 e. The zero-order chi connectivity index (χ0) is 23.4. The topological polar surface area (TPSA) is 49.7 Å². The van der Waals surface area contributed by atoms with Crippen LogP contribution in [0.15, 0.2) is 59.3 Å². The van der Waals surface area contributed by atoms with Crippen LogP contribution < -0.4 is 0 Å². The molecule has 0 aromatic carbocycles. The van der Waals surface area contributed by atoms with Gasteiger partial charge in [0, 0.05) is 0 Å². The Balaban J connectivity index is 1.66. The van der Waals surface area contributed by atoms with Crippen LogP contribution in [0.25, 0.3) is 0 Å². The minimum absolute atomic E-state index is 0.0805. The van der Waals surface area contributed by atoms with Gasteiger partial charge in [-0.2, -0.15) is 0 Å². The molecule has 0 heterocycles. The zero-order valence-electron chi connectivity index (χ0n) is 20.7. The quantitative estimate of drug-likeness (QED) is 0.419. The van der Waals surface area contributed by atoms with Crippen molar-refractivity contribution in [1.29, 1.82) is 0 Å². The molecule has 4 atom stereocenters. The molecule has 3 nitrogen and oxygen atoms in total. The third-order valence-electron chi connectivity index (χ3n) is 8.33. The lowest BCUT2D eigenvalue weighted by atomic mass is 9.63. The number of aliphatic hydroxyl groups excluding tert-OH is 1. The van der Waals surface area contributed by atoms with Crippen molar-refractivity contribution in [1.82, 2.24) is 0 Å². The number of allylic oxidation sites excluding steroid dienone is 5. The molecule has 3 aliphatic rings. The van der Waals surface area contributed by atoms with Crippen molar-refractivity contribution >= 4 is 0 Å². The highest BCUT2D eigenvalue weighted by Gasteiger charge is 2.46. The van der Waals surface area contributed by atoms with Crippen molar-refractivity contribution in [3.05, 3.63) is 59.3 Å². The molecular weight excluding hydrogens is 396 g/mol. The average Bonchev–Trinajstić information content (AvgIpc) is 3.14. The van der Waals surface area contributed by atoms with Gasteiger partial charge in [0.1, 0.15) is 0 Å². The van der Waals surface area contributed by atoms with E-state index in [9.17, 15) is 10.2 Å². The Labute approximate surface area is 195 Å². The van der Waals surface area contributed by atoms with Gasteiger partial charge in [0.2, 0.25) is 0 Å². The number of rotatable bonds is 8. The van der Waals surface area contributed by atoms with E-state index >= 15 is 0 Å². The van der Waals surface area contributed by atoms with E-state index in [4.69, 9.17) is 4.74 Å². The van der Waals surface area contributed by atoms with Crippen LogP contribution in [0.4, 0.5) is 0 Å². The smallest absolute Gasteiger partial charge is 0.0823 e. The Morgan fingerprint density at radius 2 is 2.03 bits per heavy atom. The van der Waals surface area contributed by atoms with Crippen LogP contribution >= 0.6 is 0 Å². The third kappa shape index (κ3) is 5.55. The van der Waals surface area contributed by atoms with Crippen molar-refractivity contribution in [2.24, 2.45) is 11.3 Å². The lowest BCUT2D eigenvalue weighted by molar-refractivity contribution is 0.0739. The Hall–Kier alpha value is -1.42. The van der Waals surface area contributed by atoms with E-state index in [0.717, 1.165) is 44.9 Å². The van der Waals surface area contributed by atoms with Gasteiger partial charge < -0.3 is 14.9 Å². The van der Waals surface area contributed by atoms with Crippen molar-refractivity contribution in [2.45, 2.75) is 103 Å². The van der Waals surface area contributed by atoms with Crippen molar-refractivity contribution in [2.75, 3.05) is 6.61 Å². The second-order valence-electron chi connectivity index (χ2n) is 10.3. The lowest BCUT2D eigenvalue weighted by Crippen LogP contribution is -2.34. The maximum atomic E-state index is 10.4. The number of ether oxygens (including phenoxy) is 1. The molecule has 3 rings (SSSR count). The molecule has 0 spiro atoms. The van der Waals surface area contributed by atoms with Gasteiger partial charge in [-0.3, -0.25) is 0 Å². The summed E-state index contributed by atoms with van der Waals surface area (Å²) in [6, 6.07) is 0. The molecule has 2 saturated carbocycles. The summed E-state index contributed by atoms with van der Waals surface area (Å²) in [5.74, 6) is 0.539. The second-order valence-corrected chi connectivity index (χ2v) is 10.3. The van der Waals surface area contributed by atoms with Gasteiger partial charge in [-0.25, -0.2) is 0 Å². The molecule has 2 N–H and O–H groups in total. The summed E-state index contributed by atoms with van der Waals surface area (Å²) in [5, 5.41) is 20.5. The predicted molar refractivity (Wildman–Crippen MR) is 133 cm³/mol. The van der Waals surface area contributed by atoms with E-state index in [1.165, 1.54) is 35.1 Å². The van der Waals surface area contributed by atoms with Crippen LogP contribution in [0.1, 0.15) is 85.5 Å². The minimum atomic E-state index is -0.715. The maximum absolute atomic E-state index is 10.4. The van der Waals surface area contributed by atoms with Gasteiger partial charge in [-0.1, -0.05) is 68.9 Å². The Morgan fingerprint density at radius 3 is 2.75 bits per heavy atom. The monoisotopic (exact) mass is 440 g/mol. The Morgan fingerprint density at radius 1 is 1.28 bits per heavy atom. The third-order valence-corrected chi connectivity index (χ3v) is 8.33. The predicted octanol–water partition coefficient (Wildman–Crippen LogP) is 6.59. The molecule has 0 aliphatic heterocycles. The maximum Gasteiger partial charge on any atom is 0.0823 e. The summed E-state index contributed by atoms with van der Waals surface area (Å²) < 4.78 is 6.20. The van der Waals surface area contributed by atoms with E-state index in [2.05, 4.69) is 38.7 Å². The summed E-state index contributed by atoms with van der Waals surface area (Å²) in [5.41, 5.74) is 4.82. The van der Waals surface area contributed by atoms with Gasteiger partial charge in [-0.15, -0.1) is 0 Å². The summed E-state index contributed by atoms with van der Waals surface area (Å²) in [6.45, 7) is 13.4. The van der Waals surface area contributed by atoms with E-state index in [-0.39, 0.29) is 17.6 Å². The minimum Gasteiger partial charge on any atom is -0.393 e. The highest BCUT2D eigenvalue weighted by molar-refractivity contribution is 5.38. The molecule has 0 saturated heterocycles. The summed E-state index contributed by atoms with van der Waals surface area (Å²) in [6.07, 6.45) is 19.3. The first-order chi connectivity index (χ1) is 15.2. The van der Waals surface area contributed by atoms with Gasteiger partial charge in [-0.05, 0) is 87.2 Å². The molecule has 0 bridgehead atoms. The fourth-order valence-corrected chi connectivity index (χ4v) is 5.92. The highest BCUT2D eigenvalue weighted by Crippen LogP contribution is 2.55. The first-order valence-corrected chi connectivity index (χ1v) is 12.7. The number of hydrogen-bond acceptors (Lipinski definition) is 3. The lowest BCUT2D eigenvalue weighted by Gasteiger charge is -2.42. The molecular formula is C29H44O3. The van der Waals surface area contributed by atoms with Crippen LogP contribution in [0, 0.1) is 11.3 Å². The van der Waals surface area contributed by atoms with Crippen molar-refractivity contribution in [3.8, 4) is 0 Å². The number of aliphatic hydroxyl groups is 2. The molecule has 0 radical (unpaired) electrons. The number of hydrogen-bond donors (Lipinski definition) is 2. The molecule has 3 aliphatic carbocycles. The summed E-state index contributed by atoms with van der Waals surface area (Å²) in [4.78, 5) is 0. The average molecular weight is 441 g/mol. The van der Waals surface area contributed by atoms with E-state index in [0.29, 0.717) is 12.5 Å². The first kappa shape index (κ1) is 25.2. The summed E-state index contributed by atoms with van der Waals surface area (Å²) >= 11 is 0. The SMILES string of the molecule is C=C1CC[C@H](O)CC1=CC=C1CCC[C@]2(C)C([C@@H](C)OC/C=C/C(O)(CC)CC)=CC[C@@H]12. The van der Waals surface area contributed by atoms with Gasteiger partial charge in [0.25, 0.3) is 0 Å². The molecule has 0 amide bonds. The van der Waals surface area contributed by atoms with E-state index in [1.54, 1.807) is 0 Å². The fraction of sp³-hybridized carbons (Fsp3) is 0.655. The van der Waals surface area contributed by atoms with Crippen LogP contribution in [0.3, 0.4) is 0 Å². The first-order valence-electron chi connectivity index (χ1n) is 12.7. The molecule has 0 aromatic heterocycles. The fourth-order valence-electron chi connectivity index (χ4n) is 5.92. The molecule has 2 fully saturated rings. The molecule has 32 heavy (non-hydrogen) atoms. The van der Waals surface area contributed by atoms with Crippen molar-refractivity contribution in [3.63, 3.8) is 0 Å².